The number of hydrogen-bond donors (Lipinski definition) is 1. The summed E-state index contributed by atoms with van der Waals surface area (Å²) in [5.74, 6) is 0.552. The molecule has 0 aromatic carbocycles. The molecule has 0 fully saturated rings. The summed E-state index contributed by atoms with van der Waals surface area (Å²) in [5.41, 5.74) is 0. The number of nitrogens with zero attached hydrogens (tertiary/aromatic N) is 2. The van der Waals surface area contributed by atoms with E-state index in [9.17, 15) is 0 Å². The van der Waals surface area contributed by atoms with Crippen molar-refractivity contribution in [2.45, 2.75) is 13.8 Å². The Hall–Kier alpha value is -0.730. The molecule has 0 saturated carbocycles. The predicted octanol–water partition coefficient (Wildman–Crippen LogP) is 1.45. The van der Waals surface area contributed by atoms with E-state index < -0.39 is 0 Å². The van der Waals surface area contributed by atoms with Gasteiger partial charge in [-0.05, 0) is 12.2 Å². The number of nitrogens with one attached hydrogen (secondary N) is 1. The van der Waals surface area contributed by atoms with Gasteiger partial charge in [-0.1, -0.05) is 25.6 Å². The third kappa shape index (κ3) is 7.90. The summed E-state index contributed by atoms with van der Waals surface area (Å²) in [5, 5.41) is 11.5. The Morgan fingerprint density at radius 1 is 1.64 bits per heavy atom. The Morgan fingerprint density at radius 3 is 2.86 bits per heavy atom. The number of ether oxygens (including phenoxy) is 1. The molecule has 0 spiro atoms. The van der Waals surface area contributed by atoms with E-state index in [1.807, 2.05) is 12.4 Å². The molecule has 0 aliphatic carbocycles. The quantitative estimate of drug-likeness (QED) is 0.248. The zero-order chi connectivity index (χ0) is 10.8. The second-order valence-electron chi connectivity index (χ2n) is 3.10. The van der Waals surface area contributed by atoms with E-state index in [-0.39, 0.29) is 0 Å². The first-order chi connectivity index (χ1) is 6.70. The monoisotopic (exact) mass is 215 g/mol. The maximum atomic E-state index is 8.36. The Labute approximate surface area is 89.7 Å². The van der Waals surface area contributed by atoms with Crippen LogP contribution >= 0.6 is 11.8 Å². The van der Waals surface area contributed by atoms with Gasteiger partial charge < -0.3 is 4.74 Å². The molecule has 0 aliphatic heterocycles. The first-order valence-electron chi connectivity index (χ1n) is 4.52. The van der Waals surface area contributed by atoms with Crippen molar-refractivity contribution >= 4 is 16.9 Å². The molecule has 0 atom stereocenters. The molecule has 80 valence electrons. The molecule has 0 aliphatic rings. The summed E-state index contributed by atoms with van der Waals surface area (Å²) in [6.07, 6.45) is 3.71. The smallest absolute Gasteiger partial charge is 0.183 e. The number of rotatable bonds is 5. The highest BCUT2D eigenvalue weighted by atomic mass is 32.2. The standard InChI is InChI=1S/C9H17N3OS/c1-8(2)6-13-5-4-11-9(14-3)12-7-10/h8H,4-6H2,1-3H3,(H,11,12). The summed E-state index contributed by atoms with van der Waals surface area (Å²) in [4.78, 5) is 4.15. The fraction of sp³-hybridized carbons (Fsp3) is 0.778. The SMILES string of the molecule is CSC(=NCCOCC(C)C)NC#N. The zero-order valence-corrected chi connectivity index (χ0v) is 9.73. The van der Waals surface area contributed by atoms with Crippen LogP contribution < -0.4 is 5.32 Å². The van der Waals surface area contributed by atoms with Crippen LogP contribution in [0.25, 0.3) is 0 Å². The van der Waals surface area contributed by atoms with Crippen LogP contribution in [0.2, 0.25) is 0 Å². The molecule has 0 bridgehead atoms. The highest BCUT2D eigenvalue weighted by molar-refractivity contribution is 8.13. The first kappa shape index (κ1) is 13.3. The molecule has 0 aromatic heterocycles. The van der Waals surface area contributed by atoms with E-state index in [2.05, 4.69) is 24.2 Å². The topological polar surface area (TPSA) is 57.4 Å². The van der Waals surface area contributed by atoms with Crippen LogP contribution in [0.15, 0.2) is 4.99 Å². The lowest BCUT2D eigenvalue weighted by Crippen LogP contribution is -2.15. The second kappa shape index (κ2) is 8.85. The number of aliphatic imine (C=N–C) groups is 1. The van der Waals surface area contributed by atoms with Gasteiger partial charge in [0.1, 0.15) is 0 Å². The van der Waals surface area contributed by atoms with Crippen LogP contribution in [0.4, 0.5) is 0 Å². The molecule has 0 amide bonds. The number of hydrogen-bond acceptors (Lipinski definition) is 4. The largest absolute Gasteiger partial charge is 0.379 e. The number of amidine groups is 1. The van der Waals surface area contributed by atoms with Crippen molar-refractivity contribution in [3.63, 3.8) is 0 Å². The second-order valence-corrected chi connectivity index (χ2v) is 3.89. The Bertz CT molecular complexity index is 211. The summed E-state index contributed by atoms with van der Waals surface area (Å²) in [6, 6.07) is 0. The first-order valence-corrected chi connectivity index (χ1v) is 5.74. The van der Waals surface area contributed by atoms with Gasteiger partial charge >= 0.3 is 0 Å². The third-order valence-electron chi connectivity index (χ3n) is 1.30. The molecule has 0 radical (unpaired) electrons. The molecule has 4 nitrogen and oxygen atoms in total. The minimum Gasteiger partial charge on any atom is -0.379 e. The fourth-order valence-electron chi connectivity index (χ4n) is 0.734. The molecule has 0 rings (SSSR count). The van der Waals surface area contributed by atoms with Gasteiger partial charge in [-0.25, -0.2) is 0 Å². The molecule has 0 saturated heterocycles. The predicted molar refractivity (Wildman–Crippen MR) is 60.2 cm³/mol. The molecule has 5 heteroatoms. The Morgan fingerprint density at radius 2 is 2.36 bits per heavy atom. The third-order valence-corrected chi connectivity index (χ3v) is 1.92. The minimum atomic E-state index is 0.552. The average molecular weight is 215 g/mol. The molecule has 14 heavy (non-hydrogen) atoms. The van der Waals surface area contributed by atoms with Crippen LogP contribution in [0, 0.1) is 17.4 Å². The van der Waals surface area contributed by atoms with Crippen molar-refractivity contribution in [3.05, 3.63) is 0 Å². The van der Waals surface area contributed by atoms with E-state index in [0.717, 1.165) is 6.61 Å². The van der Waals surface area contributed by atoms with Gasteiger partial charge in [-0.3, -0.25) is 10.3 Å². The minimum absolute atomic E-state index is 0.552. The number of nitriles is 1. The van der Waals surface area contributed by atoms with Gasteiger partial charge in [0.15, 0.2) is 11.4 Å². The Kier molecular flexibility index (Phi) is 8.39. The lowest BCUT2D eigenvalue weighted by atomic mass is 10.2. The molecule has 1 N–H and O–H groups in total. The highest BCUT2D eigenvalue weighted by Gasteiger charge is 1.95. The van der Waals surface area contributed by atoms with Crippen molar-refractivity contribution in [2.75, 3.05) is 26.0 Å². The lowest BCUT2D eigenvalue weighted by Gasteiger charge is -2.05. The van der Waals surface area contributed by atoms with Crippen molar-refractivity contribution < 1.29 is 4.74 Å². The van der Waals surface area contributed by atoms with Crippen molar-refractivity contribution in [3.8, 4) is 6.19 Å². The van der Waals surface area contributed by atoms with Crippen molar-refractivity contribution in [1.82, 2.24) is 5.32 Å². The molecule has 0 unspecified atom stereocenters. The van der Waals surface area contributed by atoms with Crippen LogP contribution in [0.3, 0.4) is 0 Å². The summed E-state index contributed by atoms with van der Waals surface area (Å²) >= 11 is 1.42. The normalized spacial score (nSPS) is 11.5. The maximum Gasteiger partial charge on any atom is 0.183 e. The van der Waals surface area contributed by atoms with E-state index in [1.165, 1.54) is 11.8 Å². The van der Waals surface area contributed by atoms with Crippen molar-refractivity contribution in [1.29, 1.82) is 5.26 Å². The van der Waals surface area contributed by atoms with Gasteiger partial charge in [0.25, 0.3) is 0 Å². The van der Waals surface area contributed by atoms with E-state index >= 15 is 0 Å². The van der Waals surface area contributed by atoms with Crippen LogP contribution in [-0.2, 0) is 4.74 Å². The van der Waals surface area contributed by atoms with Gasteiger partial charge in [-0.15, -0.1) is 0 Å². The van der Waals surface area contributed by atoms with Gasteiger partial charge in [0.05, 0.1) is 13.2 Å². The summed E-state index contributed by atoms with van der Waals surface area (Å²) in [7, 11) is 0. The molecular weight excluding hydrogens is 198 g/mol. The van der Waals surface area contributed by atoms with Gasteiger partial charge in [0.2, 0.25) is 0 Å². The van der Waals surface area contributed by atoms with Crippen LogP contribution in [0.1, 0.15) is 13.8 Å². The maximum absolute atomic E-state index is 8.36. The zero-order valence-electron chi connectivity index (χ0n) is 8.91. The van der Waals surface area contributed by atoms with Gasteiger partial charge in [0, 0.05) is 6.61 Å². The fourth-order valence-corrected chi connectivity index (χ4v) is 1.10. The van der Waals surface area contributed by atoms with E-state index in [1.54, 1.807) is 0 Å². The molecular formula is C9H17N3OS. The molecule has 0 aromatic rings. The average Bonchev–Trinajstić information content (AvgIpc) is 2.15. The lowest BCUT2D eigenvalue weighted by molar-refractivity contribution is 0.117. The van der Waals surface area contributed by atoms with Crippen LogP contribution in [0.5, 0.6) is 0 Å². The summed E-state index contributed by atoms with van der Waals surface area (Å²) < 4.78 is 5.34. The van der Waals surface area contributed by atoms with E-state index in [0.29, 0.717) is 24.2 Å². The van der Waals surface area contributed by atoms with E-state index in [4.69, 9.17) is 10.00 Å². The Balaban J connectivity index is 3.53. The van der Waals surface area contributed by atoms with Crippen LogP contribution in [-0.4, -0.2) is 31.2 Å². The van der Waals surface area contributed by atoms with Crippen molar-refractivity contribution in [2.24, 2.45) is 10.9 Å². The highest BCUT2D eigenvalue weighted by Crippen LogP contribution is 1.95. The molecule has 0 heterocycles. The van der Waals surface area contributed by atoms with Gasteiger partial charge in [-0.2, -0.15) is 5.26 Å². The summed E-state index contributed by atoms with van der Waals surface area (Å²) in [6.45, 7) is 6.17. The number of thioether (sulfide) groups is 1.